The first-order valence-electron chi connectivity index (χ1n) is 4.40. The summed E-state index contributed by atoms with van der Waals surface area (Å²) in [7, 11) is -5.61. The second-order valence-electron chi connectivity index (χ2n) is 3.29. The molecule has 0 saturated heterocycles. The van der Waals surface area contributed by atoms with Gasteiger partial charge in [0.15, 0.2) is 0 Å². The lowest BCUT2D eigenvalue weighted by Gasteiger charge is -2.09. The Morgan fingerprint density at radius 3 is 2.06 bits per heavy atom. The highest BCUT2D eigenvalue weighted by Gasteiger charge is 2.48. The molecule has 0 aliphatic heterocycles. The van der Waals surface area contributed by atoms with Gasteiger partial charge in [-0.25, -0.2) is 0 Å². The Hall–Kier alpha value is -1.50. The van der Waals surface area contributed by atoms with Crippen LogP contribution in [0.2, 0.25) is 0 Å². The topological polar surface area (TPSA) is 43.4 Å². The van der Waals surface area contributed by atoms with Crippen molar-refractivity contribution in [2.75, 3.05) is 0 Å². The third-order valence-corrected chi connectivity index (χ3v) is 2.82. The van der Waals surface area contributed by atoms with Gasteiger partial charge in [0.05, 0.1) is 0 Å². The third kappa shape index (κ3) is 3.23. The maximum atomic E-state index is 12.0. The average Bonchev–Trinajstić information content (AvgIpc) is 2.16. The van der Waals surface area contributed by atoms with Gasteiger partial charge in [0.25, 0.3) is 0 Å². The number of allylic oxidation sites excluding steroid dienone is 1. The fourth-order valence-corrected chi connectivity index (χ4v) is 1.43. The third-order valence-electron chi connectivity index (χ3n) is 1.84. The van der Waals surface area contributed by atoms with Gasteiger partial charge in [-0.15, -0.1) is 0 Å². The first-order chi connectivity index (χ1) is 7.63. The van der Waals surface area contributed by atoms with E-state index in [-0.39, 0.29) is 0 Å². The van der Waals surface area contributed by atoms with E-state index in [0.29, 0.717) is 11.1 Å². The summed E-state index contributed by atoms with van der Waals surface area (Å²) < 4.78 is 61.3. The van der Waals surface area contributed by atoms with Crippen molar-refractivity contribution in [3.05, 3.63) is 36.4 Å². The van der Waals surface area contributed by atoms with Crippen molar-refractivity contribution >= 4 is 15.7 Å². The van der Waals surface area contributed by atoms with Gasteiger partial charge in [0.1, 0.15) is 5.75 Å². The molecule has 0 heterocycles. The summed E-state index contributed by atoms with van der Waals surface area (Å²) in [5.74, 6) is -0.396. The van der Waals surface area contributed by atoms with Gasteiger partial charge in [0, 0.05) is 0 Å². The van der Waals surface area contributed by atoms with Crippen molar-refractivity contribution in [1.82, 2.24) is 0 Å². The smallest absolute Gasteiger partial charge is 0.376 e. The number of benzene rings is 1. The second-order valence-corrected chi connectivity index (χ2v) is 4.83. The highest BCUT2D eigenvalue weighted by molar-refractivity contribution is 7.87. The predicted octanol–water partition coefficient (Wildman–Crippen LogP) is 2.95. The molecule has 7 heteroatoms. The van der Waals surface area contributed by atoms with E-state index in [9.17, 15) is 21.6 Å². The van der Waals surface area contributed by atoms with E-state index in [2.05, 4.69) is 10.8 Å². The lowest BCUT2D eigenvalue weighted by atomic mass is 10.1. The van der Waals surface area contributed by atoms with Crippen molar-refractivity contribution in [3.8, 4) is 5.75 Å². The van der Waals surface area contributed by atoms with E-state index in [4.69, 9.17) is 0 Å². The second kappa shape index (κ2) is 4.40. The summed E-state index contributed by atoms with van der Waals surface area (Å²) in [6.07, 6.45) is 0. The highest BCUT2D eigenvalue weighted by atomic mass is 32.2. The summed E-state index contributed by atoms with van der Waals surface area (Å²) in [6.45, 7) is 5.34. The fourth-order valence-electron chi connectivity index (χ4n) is 0.969. The van der Waals surface area contributed by atoms with Gasteiger partial charge in [-0.05, 0) is 24.6 Å². The molecule has 0 bridgehead atoms. The van der Waals surface area contributed by atoms with E-state index in [1.807, 2.05) is 0 Å². The average molecular weight is 266 g/mol. The molecule has 1 rings (SSSR count). The van der Waals surface area contributed by atoms with E-state index in [1.54, 1.807) is 6.92 Å². The van der Waals surface area contributed by atoms with Gasteiger partial charge in [0.2, 0.25) is 0 Å². The monoisotopic (exact) mass is 266 g/mol. The van der Waals surface area contributed by atoms with Gasteiger partial charge < -0.3 is 4.18 Å². The lowest BCUT2D eigenvalue weighted by Crippen LogP contribution is -2.28. The molecule has 0 saturated carbocycles. The molecular formula is C10H9F3O3S. The van der Waals surface area contributed by atoms with E-state index in [0.717, 1.165) is 12.1 Å². The van der Waals surface area contributed by atoms with Crippen molar-refractivity contribution in [3.63, 3.8) is 0 Å². The maximum absolute atomic E-state index is 12.0. The molecule has 1 aromatic rings. The van der Waals surface area contributed by atoms with E-state index < -0.39 is 21.4 Å². The van der Waals surface area contributed by atoms with Gasteiger partial charge in [-0.1, -0.05) is 24.3 Å². The zero-order valence-electron chi connectivity index (χ0n) is 8.78. The normalized spacial score (nSPS) is 12.2. The van der Waals surface area contributed by atoms with Crippen molar-refractivity contribution in [1.29, 1.82) is 0 Å². The Bertz CT molecular complexity index is 515. The van der Waals surface area contributed by atoms with Crippen LogP contribution in [0.4, 0.5) is 13.2 Å². The zero-order chi connectivity index (χ0) is 13.3. The van der Waals surface area contributed by atoms with Gasteiger partial charge in [-0.3, -0.25) is 0 Å². The number of rotatable bonds is 3. The first-order valence-corrected chi connectivity index (χ1v) is 5.81. The minimum atomic E-state index is -5.61. The van der Waals surface area contributed by atoms with Crippen LogP contribution < -0.4 is 4.18 Å². The Kier molecular flexibility index (Phi) is 3.51. The largest absolute Gasteiger partial charge is 0.534 e. The Labute approximate surface area is 96.6 Å². The van der Waals surface area contributed by atoms with Crippen LogP contribution in [0.5, 0.6) is 5.75 Å². The van der Waals surface area contributed by atoms with Crippen molar-refractivity contribution in [2.24, 2.45) is 0 Å². The number of hydrogen-bond acceptors (Lipinski definition) is 3. The molecule has 0 aliphatic rings. The molecule has 0 aromatic heterocycles. The summed E-state index contributed by atoms with van der Waals surface area (Å²) in [6, 6.07) is 5.10. The number of alkyl halides is 3. The van der Waals surface area contributed by atoms with Crippen LogP contribution in [0.1, 0.15) is 12.5 Å². The van der Waals surface area contributed by atoms with Crippen LogP contribution in [-0.4, -0.2) is 13.9 Å². The van der Waals surface area contributed by atoms with Crippen molar-refractivity contribution in [2.45, 2.75) is 12.4 Å². The Morgan fingerprint density at radius 1 is 1.24 bits per heavy atom. The Balaban J connectivity index is 2.95. The molecule has 0 fully saturated rings. The zero-order valence-corrected chi connectivity index (χ0v) is 9.60. The fraction of sp³-hybridized carbons (Fsp3) is 0.200. The summed E-state index contributed by atoms with van der Waals surface area (Å²) in [4.78, 5) is 0. The van der Waals surface area contributed by atoms with Crippen LogP contribution in [-0.2, 0) is 10.1 Å². The molecule has 0 aliphatic carbocycles. The summed E-state index contributed by atoms with van der Waals surface area (Å²) in [5.41, 5.74) is -4.04. The highest BCUT2D eigenvalue weighted by Crippen LogP contribution is 2.27. The molecule has 0 radical (unpaired) electrons. The molecule has 0 amide bonds. The number of halogens is 3. The van der Waals surface area contributed by atoms with E-state index >= 15 is 0 Å². The first kappa shape index (κ1) is 13.6. The molecule has 1 aromatic carbocycles. The minimum Gasteiger partial charge on any atom is -0.376 e. The predicted molar refractivity (Wildman–Crippen MR) is 56.8 cm³/mol. The van der Waals surface area contributed by atoms with Crippen LogP contribution in [0.15, 0.2) is 30.8 Å². The molecule has 0 spiro atoms. The van der Waals surface area contributed by atoms with E-state index in [1.165, 1.54) is 12.1 Å². The maximum Gasteiger partial charge on any atom is 0.534 e. The number of hydrogen-bond donors (Lipinski definition) is 0. The van der Waals surface area contributed by atoms with Crippen LogP contribution in [0.3, 0.4) is 0 Å². The Morgan fingerprint density at radius 2 is 1.71 bits per heavy atom. The quantitative estimate of drug-likeness (QED) is 0.624. The molecule has 17 heavy (non-hydrogen) atoms. The lowest BCUT2D eigenvalue weighted by molar-refractivity contribution is -0.0500. The van der Waals surface area contributed by atoms with Gasteiger partial charge >= 0.3 is 15.6 Å². The van der Waals surface area contributed by atoms with Crippen LogP contribution in [0.25, 0.3) is 5.57 Å². The standard InChI is InChI=1S/C10H9F3O3S/c1-7(2)8-3-5-9(6-4-8)16-17(14,15)10(11,12)13/h3-6H,1H2,2H3. The van der Waals surface area contributed by atoms with Crippen LogP contribution >= 0.6 is 0 Å². The molecule has 0 atom stereocenters. The van der Waals surface area contributed by atoms with Crippen molar-refractivity contribution < 1.29 is 25.8 Å². The summed E-state index contributed by atoms with van der Waals surface area (Å²) in [5, 5.41) is 0. The van der Waals surface area contributed by atoms with Gasteiger partial charge in [-0.2, -0.15) is 21.6 Å². The minimum absolute atomic E-state index is 0.396. The summed E-state index contributed by atoms with van der Waals surface area (Å²) >= 11 is 0. The SMILES string of the molecule is C=C(C)c1ccc(OS(=O)(=O)C(F)(F)F)cc1. The molecule has 0 N–H and O–H groups in total. The molecule has 3 nitrogen and oxygen atoms in total. The molecule has 0 unspecified atom stereocenters. The molecule has 94 valence electrons. The van der Waals surface area contributed by atoms with Crippen LogP contribution in [0, 0.1) is 0 Å². The molecular weight excluding hydrogens is 257 g/mol.